The summed E-state index contributed by atoms with van der Waals surface area (Å²) in [6.45, 7) is 7.61. The van der Waals surface area contributed by atoms with Crippen LogP contribution in [-0.4, -0.2) is 25.5 Å². The number of benzene rings is 1. The topological polar surface area (TPSA) is 94.9 Å². The smallest absolute Gasteiger partial charge is 0.278 e. The average Bonchev–Trinajstić information content (AvgIpc) is 3.34. The SMILES string of the molecule is CC[C@@H](C(=O)NCc1ccc(C)o1)n1nc(C)c2nn(-c3ccccc3)c(C)c2c1=O. The first-order valence-corrected chi connectivity index (χ1v) is 10.3. The number of para-hydroxylation sites is 1. The predicted octanol–water partition coefficient (Wildman–Crippen LogP) is 3.37. The molecule has 4 rings (SSSR count). The van der Waals surface area contributed by atoms with Crippen molar-refractivity contribution in [3.63, 3.8) is 0 Å². The molecule has 8 heteroatoms. The molecular formula is C23H25N5O3. The zero-order chi connectivity index (χ0) is 22.1. The normalized spacial score (nSPS) is 12.3. The minimum absolute atomic E-state index is 0.254. The molecule has 0 aliphatic carbocycles. The van der Waals surface area contributed by atoms with Gasteiger partial charge in [-0.25, -0.2) is 9.36 Å². The van der Waals surface area contributed by atoms with E-state index in [0.717, 1.165) is 11.4 Å². The molecular weight excluding hydrogens is 394 g/mol. The molecule has 4 aromatic rings. The number of hydrogen-bond donors (Lipinski definition) is 1. The lowest BCUT2D eigenvalue weighted by Crippen LogP contribution is -2.38. The van der Waals surface area contributed by atoms with Gasteiger partial charge in [0, 0.05) is 0 Å². The number of nitrogens with zero attached hydrogens (tertiary/aromatic N) is 4. The molecule has 31 heavy (non-hydrogen) atoms. The van der Waals surface area contributed by atoms with E-state index >= 15 is 0 Å². The highest BCUT2D eigenvalue weighted by molar-refractivity contribution is 5.84. The minimum atomic E-state index is -0.730. The first-order valence-electron chi connectivity index (χ1n) is 10.3. The van der Waals surface area contributed by atoms with E-state index in [4.69, 9.17) is 4.42 Å². The standard InChI is InChI=1S/C23H25N5O3/c1-5-19(22(29)24-13-18-12-11-14(2)31-18)28-23(30)20-16(4)27(17-9-7-6-8-10-17)26-21(20)15(3)25-28/h6-12,19H,5,13H2,1-4H3,(H,24,29)/t19-/m0/s1. The number of aryl methyl sites for hydroxylation is 3. The van der Waals surface area contributed by atoms with Crippen LogP contribution in [0.1, 0.15) is 42.3 Å². The van der Waals surface area contributed by atoms with Gasteiger partial charge >= 0.3 is 0 Å². The maximum atomic E-state index is 13.4. The van der Waals surface area contributed by atoms with Crippen molar-refractivity contribution in [2.45, 2.75) is 46.7 Å². The Morgan fingerprint density at radius 1 is 1.10 bits per heavy atom. The van der Waals surface area contributed by atoms with Crippen LogP contribution in [-0.2, 0) is 11.3 Å². The van der Waals surface area contributed by atoms with Crippen LogP contribution < -0.4 is 10.9 Å². The maximum Gasteiger partial charge on any atom is 0.278 e. The van der Waals surface area contributed by atoms with Gasteiger partial charge in [0.1, 0.15) is 23.1 Å². The molecule has 0 radical (unpaired) electrons. The van der Waals surface area contributed by atoms with Gasteiger partial charge in [-0.05, 0) is 51.5 Å². The fourth-order valence-corrected chi connectivity index (χ4v) is 3.75. The van der Waals surface area contributed by atoms with Crippen LogP contribution in [0.3, 0.4) is 0 Å². The monoisotopic (exact) mass is 419 g/mol. The van der Waals surface area contributed by atoms with Crippen LogP contribution >= 0.6 is 0 Å². The van der Waals surface area contributed by atoms with Crippen molar-refractivity contribution in [1.29, 1.82) is 0 Å². The molecule has 0 saturated carbocycles. The molecule has 0 fully saturated rings. The minimum Gasteiger partial charge on any atom is -0.465 e. The highest BCUT2D eigenvalue weighted by Gasteiger charge is 2.25. The fraction of sp³-hybridized carbons (Fsp3) is 0.304. The lowest BCUT2D eigenvalue weighted by atomic mass is 10.2. The molecule has 3 aromatic heterocycles. The van der Waals surface area contributed by atoms with Crippen LogP contribution in [0.25, 0.3) is 16.6 Å². The quantitative estimate of drug-likeness (QED) is 0.517. The number of aromatic nitrogens is 4. The van der Waals surface area contributed by atoms with Gasteiger partial charge < -0.3 is 9.73 Å². The molecule has 8 nitrogen and oxygen atoms in total. The predicted molar refractivity (Wildman–Crippen MR) is 117 cm³/mol. The Hall–Kier alpha value is -3.68. The Morgan fingerprint density at radius 3 is 2.48 bits per heavy atom. The van der Waals surface area contributed by atoms with Crippen molar-refractivity contribution in [1.82, 2.24) is 24.9 Å². The van der Waals surface area contributed by atoms with E-state index < -0.39 is 6.04 Å². The highest BCUT2D eigenvalue weighted by Crippen LogP contribution is 2.21. The van der Waals surface area contributed by atoms with Gasteiger partial charge in [-0.2, -0.15) is 10.2 Å². The number of nitrogens with one attached hydrogen (secondary N) is 1. The van der Waals surface area contributed by atoms with Gasteiger partial charge in [-0.3, -0.25) is 9.59 Å². The second kappa shape index (κ2) is 8.22. The summed E-state index contributed by atoms with van der Waals surface area (Å²) in [4.78, 5) is 26.3. The average molecular weight is 419 g/mol. The second-order valence-corrected chi connectivity index (χ2v) is 7.55. The zero-order valence-corrected chi connectivity index (χ0v) is 18.0. The first kappa shape index (κ1) is 20.6. The second-order valence-electron chi connectivity index (χ2n) is 7.55. The number of rotatable bonds is 6. The van der Waals surface area contributed by atoms with Crippen molar-refractivity contribution >= 4 is 16.8 Å². The molecule has 0 unspecified atom stereocenters. The Morgan fingerprint density at radius 2 is 1.84 bits per heavy atom. The van der Waals surface area contributed by atoms with Gasteiger partial charge in [0.15, 0.2) is 0 Å². The van der Waals surface area contributed by atoms with Crippen molar-refractivity contribution in [3.8, 4) is 5.69 Å². The van der Waals surface area contributed by atoms with Gasteiger partial charge in [0.05, 0.1) is 29.0 Å². The number of amides is 1. The first-order chi connectivity index (χ1) is 14.9. The van der Waals surface area contributed by atoms with E-state index in [0.29, 0.717) is 34.5 Å². The molecule has 1 aromatic carbocycles. The molecule has 0 bridgehead atoms. The number of furan rings is 1. The van der Waals surface area contributed by atoms with Crippen molar-refractivity contribution in [3.05, 3.63) is 75.7 Å². The number of carbonyl (C=O) groups excluding carboxylic acids is 1. The Labute approximate surface area is 179 Å². The third-order valence-corrected chi connectivity index (χ3v) is 5.36. The molecule has 0 aliphatic rings. The van der Waals surface area contributed by atoms with Crippen LogP contribution in [0, 0.1) is 20.8 Å². The fourth-order valence-electron chi connectivity index (χ4n) is 3.75. The van der Waals surface area contributed by atoms with Gasteiger partial charge in [-0.1, -0.05) is 25.1 Å². The molecule has 0 saturated heterocycles. The van der Waals surface area contributed by atoms with Crippen LogP contribution in [0.2, 0.25) is 0 Å². The molecule has 1 amide bonds. The van der Waals surface area contributed by atoms with Gasteiger partial charge in [0.25, 0.3) is 5.56 Å². The Bertz CT molecular complexity index is 1300. The molecule has 0 aliphatic heterocycles. The van der Waals surface area contributed by atoms with E-state index in [1.807, 2.05) is 63.2 Å². The molecule has 1 N–H and O–H groups in total. The molecule has 3 heterocycles. The van der Waals surface area contributed by atoms with Gasteiger partial charge in [-0.15, -0.1) is 0 Å². The van der Waals surface area contributed by atoms with E-state index in [9.17, 15) is 9.59 Å². The number of carbonyl (C=O) groups is 1. The van der Waals surface area contributed by atoms with E-state index in [1.165, 1.54) is 4.68 Å². The summed E-state index contributed by atoms with van der Waals surface area (Å²) in [5.74, 6) is 1.16. The molecule has 0 spiro atoms. The van der Waals surface area contributed by atoms with E-state index in [2.05, 4.69) is 15.5 Å². The summed E-state index contributed by atoms with van der Waals surface area (Å²) in [6.07, 6.45) is 0.423. The molecule has 1 atom stereocenters. The largest absolute Gasteiger partial charge is 0.465 e. The summed E-state index contributed by atoms with van der Waals surface area (Å²) < 4.78 is 8.53. The van der Waals surface area contributed by atoms with Crippen molar-refractivity contribution in [2.75, 3.05) is 0 Å². The van der Waals surface area contributed by atoms with Crippen molar-refractivity contribution < 1.29 is 9.21 Å². The molecule has 160 valence electrons. The van der Waals surface area contributed by atoms with Crippen LogP contribution in [0.15, 0.2) is 51.7 Å². The summed E-state index contributed by atoms with van der Waals surface area (Å²) in [5, 5.41) is 12.4. The lowest BCUT2D eigenvalue weighted by Gasteiger charge is -2.17. The Kier molecular flexibility index (Phi) is 5.46. The summed E-state index contributed by atoms with van der Waals surface area (Å²) in [7, 11) is 0. The summed E-state index contributed by atoms with van der Waals surface area (Å²) >= 11 is 0. The van der Waals surface area contributed by atoms with Gasteiger partial charge in [0.2, 0.25) is 5.91 Å². The van der Waals surface area contributed by atoms with Crippen LogP contribution in [0.4, 0.5) is 0 Å². The highest BCUT2D eigenvalue weighted by atomic mass is 16.3. The Balaban J connectivity index is 1.72. The van der Waals surface area contributed by atoms with Crippen LogP contribution in [0.5, 0.6) is 0 Å². The van der Waals surface area contributed by atoms with Crippen molar-refractivity contribution in [2.24, 2.45) is 0 Å². The zero-order valence-electron chi connectivity index (χ0n) is 18.0. The maximum absolute atomic E-state index is 13.4. The number of hydrogen-bond acceptors (Lipinski definition) is 5. The summed E-state index contributed by atoms with van der Waals surface area (Å²) in [6, 6.07) is 12.6. The van der Waals surface area contributed by atoms with E-state index in [-0.39, 0.29) is 18.0 Å². The third-order valence-electron chi connectivity index (χ3n) is 5.36. The number of fused-ring (bicyclic) bond motifs is 1. The lowest BCUT2D eigenvalue weighted by molar-refractivity contribution is -0.125. The van der Waals surface area contributed by atoms with E-state index in [1.54, 1.807) is 11.6 Å². The summed E-state index contributed by atoms with van der Waals surface area (Å²) in [5.41, 5.74) is 2.40. The third kappa shape index (κ3) is 3.76.